The van der Waals surface area contributed by atoms with E-state index in [1.165, 1.54) is 0 Å². The molecule has 0 saturated carbocycles. The van der Waals surface area contributed by atoms with Crippen LogP contribution in [0, 0.1) is 0 Å². The van der Waals surface area contributed by atoms with Crippen molar-refractivity contribution in [3.63, 3.8) is 0 Å². The molecule has 1 aromatic heterocycles. The van der Waals surface area contributed by atoms with Gasteiger partial charge in [0.2, 0.25) is 0 Å². The summed E-state index contributed by atoms with van der Waals surface area (Å²) in [5, 5.41) is 4.01. The van der Waals surface area contributed by atoms with Crippen LogP contribution in [-0.2, 0) is 6.42 Å². The van der Waals surface area contributed by atoms with E-state index in [0.29, 0.717) is 12.1 Å². The van der Waals surface area contributed by atoms with Crippen molar-refractivity contribution in [3.8, 4) is 28.4 Å². The number of amides is 1. The van der Waals surface area contributed by atoms with Crippen LogP contribution in [0.15, 0.2) is 66.7 Å². The second kappa shape index (κ2) is 7.26. The summed E-state index contributed by atoms with van der Waals surface area (Å²) in [6.45, 7) is 0.584. The molecular formula is C25H22N2O3. The van der Waals surface area contributed by atoms with Gasteiger partial charge < -0.3 is 19.4 Å². The van der Waals surface area contributed by atoms with Crippen LogP contribution in [0.1, 0.15) is 15.9 Å². The summed E-state index contributed by atoms with van der Waals surface area (Å²) in [6, 6.07) is 21.8. The molecule has 0 spiro atoms. The SMILES string of the molecule is COc1ccccc1-c1c2c3c(cccc3n1-c1ccccc1OC)C(=O)NCC2. The van der Waals surface area contributed by atoms with E-state index in [1.807, 2.05) is 54.6 Å². The fourth-order valence-electron chi connectivity index (χ4n) is 4.43. The number of hydrogen-bond acceptors (Lipinski definition) is 3. The van der Waals surface area contributed by atoms with Crippen molar-refractivity contribution in [1.82, 2.24) is 9.88 Å². The number of carbonyl (C=O) groups is 1. The van der Waals surface area contributed by atoms with Gasteiger partial charge in [-0.15, -0.1) is 0 Å². The number of para-hydroxylation sites is 3. The minimum atomic E-state index is -0.0388. The fourth-order valence-corrected chi connectivity index (χ4v) is 4.43. The zero-order valence-corrected chi connectivity index (χ0v) is 16.9. The molecule has 5 nitrogen and oxygen atoms in total. The van der Waals surface area contributed by atoms with Crippen LogP contribution in [0.3, 0.4) is 0 Å². The van der Waals surface area contributed by atoms with Gasteiger partial charge in [-0.1, -0.05) is 30.3 Å². The van der Waals surface area contributed by atoms with Gasteiger partial charge in [0.05, 0.1) is 31.1 Å². The van der Waals surface area contributed by atoms with Crippen LogP contribution in [0.2, 0.25) is 0 Å². The summed E-state index contributed by atoms with van der Waals surface area (Å²) >= 11 is 0. The van der Waals surface area contributed by atoms with Crippen LogP contribution < -0.4 is 14.8 Å². The van der Waals surface area contributed by atoms with Crippen LogP contribution in [0.4, 0.5) is 0 Å². The van der Waals surface area contributed by atoms with Crippen molar-refractivity contribution in [2.24, 2.45) is 0 Å². The number of benzene rings is 3. The lowest BCUT2D eigenvalue weighted by atomic mass is 10.00. The van der Waals surface area contributed by atoms with Gasteiger partial charge in [0.15, 0.2) is 0 Å². The number of aromatic nitrogens is 1. The largest absolute Gasteiger partial charge is 0.496 e. The fraction of sp³-hybridized carbons (Fsp3) is 0.160. The zero-order valence-electron chi connectivity index (χ0n) is 16.9. The topological polar surface area (TPSA) is 52.5 Å². The smallest absolute Gasteiger partial charge is 0.251 e. The Balaban J connectivity index is 1.98. The van der Waals surface area contributed by atoms with Gasteiger partial charge in [-0.3, -0.25) is 4.79 Å². The molecule has 5 heteroatoms. The van der Waals surface area contributed by atoms with E-state index in [1.54, 1.807) is 14.2 Å². The lowest BCUT2D eigenvalue weighted by molar-refractivity contribution is 0.0957. The van der Waals surface area contributed by atoms with E-state index < -0.39 is 0 Å². The summed E-state index contributed by atoms with van der Waals surface area (Å²) in [4.78, 5) is 12.8. The second-order valence-corrected chi connectivity index (χ2v) is 7.24. The third kappa shape index (κ3) is 2.66. The van der Waals surface area contributed by atoms with E-state index in [4.69, 9.17) is 9.47 Å². The average molecular weight is 398 g/mol. The van der Waals surface area contributed by atoms with Crippen molar-refractivity contribution in [3.05, 3.63) is 77.9 Å². The summed E-state index contributed by atoms with van der Waals surface area (Å²) in [5.41, 5.74) is 5.74. The molecule has 0 atom stereocenters. The number of nitrogens with zero attached hydrogens (tertiary/aromatic N) is 1. The number of hydrogen-bond donors (Lipinski definition) is 1. The molecule has 0 unspecified atom stereocenters. The van der Waals surface area contributed by atoms with E-state index in [-0.39, 0.29) is 5.91 Å². The molecule has 5 rings (SSSR count). The molecule has 1 amide bonds. The molecular weight excluding hydrogens is 376 g/mol. The van der Waals surface area contributed by atoms with Gasteiger partial charge in [-0.05, 0) is 48.4 Å². The molecule has 1 aliphatic heterocycles. The molecule has 0 aliphatic carbocycles. The maximum Gasteiger partial charge on any atom is 0.251 e. The molecule has 4 aromatic rings. The number of ether oxygens (including phenoxy) is 2. The Hall–Kier alpha value is -3.73. The molecule has 1 aliphatic rings. The molecule has 2 heterocycles. The summed E-state index contributed by atoms with van der Waals surface area (Å²) in [5.74, 6) is 1.52. The van der Waals surface area contributed by atoms with Crippen molar-refractivity contribution < 1.29 is 14.3 Å². The molecule has 3 aromatic carbocycles. The van der Waals surface area contributed by atoms with Gasteiger partial charge >= 0.3 is 0 Å². The van der Waals surface area contributed by atoms with E-state index in [9.17, 15) is 4.79 Å². The first-order chi connectivity index (χ1) is 14.7. The Bertz CT molecular complexity index is 1270. The lowest BCUT2D eigenvalue weighted by Gasteiger charge is -2.17. The standard InChI is InChI=1S/C25H22N2O3/c1-29-21-12-5-3-8-16(21)24-17-14-15-26-25(28)18-9-7-11-20(23(17)18)27(24)19-10-4-6-13-22(19)30-2/h3-13H,14-15H2,1-2H3,(H,26,28). The molecule has 0 saturated heterocycles. The molecule has 0 fully saturated rings. The monoisotopic (exact) mass is 398 g/mol. The number of rotatable bonds is 4. The van der Waals surface area contributed by atoms with Crippen molar-refractivity contribution in [2.75, 3.05) is 20.8 Å². The van der Waals surface area contributed by atoms with E-state index in [2.05, 4.69) is 22.0 Å². The van der Waals surface area contributed by atoms with Crippen LogP contribution in [-0.4, -0.2) is 31.2 Å². The molecule has 0 radical (unpaired) electrons. The Morgan fingerprint density at radius 2 is 1.53 bits per heavy atom. The first kappa shape index (κ1) is 18.3. The first-order valence-electron chi connectivity index (χ1n) is 9.96. The van der Waals surface area contributed by atoms with Gasteiger partial charge in [0.1, 0.15) is 11.5 Å². The predicted molar refractivity (Wildman–Crippen MR) is 118 cm³/mol. The Labute approximate surface area is 174 Å². The normalized spacial score (nSPS) is 13.1. The van der Waals surface area contributed by atoms with Crippen LogP contribution in [0.25, 0.3) is 27.8 Å². The highest BCUT2D eigenvalue weighted by molar-refractivity contribution is 6.11. The van der Waals surface area contributed by atoms with E-state index >= 15 is 0 Å². The van der Waals surface area contributed by atoms with E-state index in [0.717, 1.165) is 51.3 Å². The quantitative estimate of drug-likeness (QED) is 0.547. The van der Waals surface area contributed by atoms with Gasteiger partial charge in [-0.25, -0.2) is 0 Å². The Morgan fingerprint density at radius 3 is 2.33 bits per heavy atom. The minimum absolute atomic E-state index is 0.0388. The highest BCUT2D eigenvalue weighted by atomic mass is 16.5. The lowest BCUT2D eigenvalue weighted by Crippen LogP contribution is -2.23. The Kier molecular flexibility index (Phi) is 4.43. The van der Waals surface area contributed by atoms with Crippen molar-refractivity contribution in [2.45, 2.75) is 6.42 Å². The molecule has 1 N–H and O–H groups in total. The van der Waals surface area contributed by atoms with Crippen molar-refractivity contribution >= 4 is 16.8 Å². The highest BCUT2D eigenvalue weighted by Gasteiger charge is 2.28. The third-order valence-corrected chi connectivity index (χ3v) is 5.69. The van der Waals surface area contributed by atoms with Crippen molar-refractivity contribution in [1.29, 1.82) is 0 Å². The number of methoxy groups -OCH3 is 2. The number of nitrogens with one attached hydrogen (secondary N) is 1. The van der Waals surface area contributed by atoms with Gasteiger partial charge in [0.25, 0.3) is 5.91 Å². The maximum absolute atomic E-state index is 12.8. The summed E-state index contributed by atoms with van der Waals surface area (Å²) in [6.07, 6.45) is 0.731. The van der Waals surface area contributed by atoms with Crippen LogP contribution in [0.5, 0.6) is 11.5 Å². The number of carbonyl (C=O) groups excluding carboxylic acids is 1. The highest BCUT2D eigenvalue weighted by Crippen LogP contribution is 2.43. The second-order valence-electron chi connectivity index (χ2n) is 7.24. The predicted octanol–water partition coefficient (Wildman–Crippen LogP) is 4.60. The third-order valence-electron chi connectivity index (χ3n) is 5.69. The zero-order chi connectivity index (χ0) is 20.7. The van der Waals surface area contributed by atoms with Gasteiger partial charge in [0, 0.05) is 23.1 Å². The average Bonchev–Trinajstić information content (AvgIpc) is 3.02. The summed E-state index contributed by atoms with van der Waals surface area (Å²) < 4.78 is 13.6. The van der Waals surface area contributed by atoms with Crippen LogP contribution >= 0.6 is 0 Å². The maximum atomic E-state index is 12.8. The minimum Gasteiger partial charge on any atom is -0.496 e. The summed E-state index contributed by atoms with van der Waals surface area (Å²) in [7, 11) is 3.36. The molecule has 30 heavy (non-hydrogen) atoms. The molecule has 0 bridgehead atoms. The first-order valence-corrected chi connectivity index (χ1v) is 9.96. The molecule has 150 valence electrons. The Morgan fingerprint density at radius 1 is 0.833 bits per heavy atom. The van der Waals surface area contributed by atoms with Gasteiger partial charge in [-0.2, -0.15) is 0 Å².